The molecule has 6 heteroatoms. The van der Waals surface area contributed by atoms with Crippen molar-refractivity contribution < 1.29 is 14.4 Å². The summed E-state index contributed by atoms with van der Waals surface area (Å²) in [5.74, 6) is -1.16. The highest BCUT2D eigenvalue weighted by atomic mass is 16.2. The molecule has 1 aliphatic heterocycles. The van der Waals surface area contributed by atoms with Crippen molar-refractivity contribution in [2.45, 2.75) is 6.54 Å². The summed E-state index contributed by atoms with van der Waals surface area (Å²) >= 11 is 0. The van der Waals surface area contributed by atoms with Crippen LogP contribution in [0.15, 0.2) is 48.5 Å². The summed E-state index contributed by atoms with van der Waals surface area (Å²) in [6.07, 6.45) is 0. The minimum Gasteiger partial charge on any atom is -0.366 e. The highest BCUT2D eigenvalue weighted by Gasteiger charge is 2.28. The molecule has 3 N–H and O–H groups in total. The minimum atomic E-state index is -0.620. The number of anilines is 1. The third-order valence-electron chi connectivity index (χ3n) is 3.70. The molecule has 0 fully saturated rings. The van der Waals surface area contributed by atoms with E-state index in [0.717, 1.165) is 5.56 Å². The molecule has 3 amide bonds. The van der Waals surface area contributed by atoms with Crippen molar-refractivity contribution in [3.05, 3.63) is 65.2 Å². The van der Waals surface area contributed by atoms with Crippen molar-refractivity contribution in [2.75, 3.05) is 11.9 Å². The summed E-state index contributed by atoms with van der Waals surface area (Å²) in [5, 5.41) is 2.63. The van der Waals surface area contributed by atoms with E-state index in [-0.39, 0.29) is 23.9 Å². The van der Waals surface area contributed by atoms with Crippen LogP contribution in [0.2, 0.25) is 0 Å². The monoisotopic (exact) mass is 309 g/mol. The molecule has 3 rings (SSSR count). The lowest BCUT2D eigenvalue weighted by atomic mass is 10.1. The number of nitrogens with two attached hydrogens (primary N) is 1. The van der Waals surface area contributed by atoms with E-state index in [1.165, 1.54) is 11.0 Å². The van der Waals surface area contributed by atoms with Gasteiger partial charge in [-0.05, 0) is 23.8 Å². The Morgan fingerprint density at radius 3 is 2.52 bits per heavy atom. The quantitative estimate of drug-likeness (QED) is 0.893. The maximum Gasteiger partial charge on any atom is 0.254 e. The second-order valence-corrected chi connectivity index (χ2v) is 5.28. The van der Waals surface area contributed by atoms with Gasteiger partial charge in [-0.2, -0.15) is 0 Å². The SMILES string of the molecule is NC(=O)c1ccccc1NC(=O)CN1Cc2ccccc2C1=O. The smallest absolute Gasteiger partial charge is 0.254 e. The Labute approximate surface area is 132 Å². The van der Waals surface area contributed by atoms with Gasteiger partial charge in [0.25, 0.3) is 11.8 Å². The van der Waals surface area contributed by atoms with Gasteiger partial charge in [-0.15, -0.1) is 0 Å². The van der Waals surface area contributed by atoms with Crippen molar-refractivity contribution >= 4 is 23.4 Å². The number of nitrogens with one attached hydrogen (secondary N) is 1. The topological polar surface area (TPSA) is 92.5 Å². The van der Waals surface area contributed by atoms with Crippen LogP contribution >= 0.6 is 0 Å². The molecule has 1 aliphatic rings. The number of para-hydroxylation sites is 1. The highest BCUT2D eigenvalue weighted by molar-refractivity contribution is 6.05. The van der Waals surface area contributed by atoms with Crippen molar-refractivity contribution in [2.24, 2.45) is 5.73 Å². The number of amides is 3. The number of rotatable bonds is 4. The molecule has 0 radical (unpaired) electrons. The first-order valence-electron chi connectivity index (χ1n) is 7.12. The van der Waals surface area contributed by atoms with Crippen molar-refractivity contribution in [3.63, 3.8) is 0 Å². The number of primary amides is 1. The predicted octanol–water partition coefficient (Wildman–Crippen LogP) is 1.38. The van der Waals surface area contributed by atoms with Crippen LogP contribution in [-0.4, -0.2) is 29.2 Å². The van der Waals surface area contributed by atoms with Gasteiger partial charge in [0.05, 0.1) is 11.3 Å². The largest absolute Gasteiger partial charge is 0.366 e. The van der Waals surface area contributed by atoms with Crippen molar-refractivity contribution in [1.82, 2.24) is 4.90 Å². The van der Waals surface area contributed by atoms with Gasteiger partial charge in [0.1, 0.15) is 6.54 Å². The third-order valence-corrected chi connectivity index (χ3v) is 3.70. The number of carbonyl (C=O) groups excluding carboxylic acids is 3. The van der Waals surface area contributed by atoms with Crippen molar-refractivity contribution in [3.8, 4) is 0 Å². The molecule has 0 spiro atoms. The highest BCUT2D eigenvalue weighted by Crippen LogP contribution is 2.22. The van der Waals surface area contributed by atoms with E-state index >= 15 is 0 Å². The van der Waals surface area contributed by atoms with Crippen LogP contribution in [0.1, 0.15) is 26.3 Å². The first kappa shape index (κ1) is 14.8. The second-order valence-electron chi connectivity index (χ2n) is 5.28. The van der Waals surface area contributed by atoms with E-state index in [9.17, 15) is 14.4 Å². The maximum absolute atomic E-state index is 12.2. The third kappa shape index (κ3) is 2.91. The molecular formula is C17H15N3O3. The molecule has 2 aromatic carbocycles. The fourth-order valence-corrected chi connectivity index (χ4v) is 2.61. The van der Waals surface area contributed by atoms with Gasteiger partial charge in [0, 0.05) is 12.1 Å². The molecule has 116 valence electrons. The Morgan fingerprint density at radius 2 is 1.78 bits per heavy atom. The van der Waals surface area contributed by atoms with E-state index in [2.05, 4.69) is 5.32 Å². The summed E-state index contributed by atoms with van der Waals surface area (Å²) in [6.45, 7) is 0.320. The van der Waals surface area contributed by atoms with Crippen LogP contribution < -0.4 is 11.1 Å². The fraction of sp³-hybridized carbons (Fsp3) is 0.118. The van der Waals surface area contributed by atoms with Crippen LogP contribution in [0.5, 0.6) is 0 Å². The summed E-state index contributed by atoms with van der Waals surface area (Å²) in [6, 6.07) is 13.8. The molecule has 0 aliphatic carbocycles. The molecule has 23 heavy (non-hydrogen) atoms. The molecular weight excluding hydrogens is 294 g/mol. The van der Waals surface area contributed by atoms with E-state index in [0.29, 0.717) is 17.8 Å². The van der Waals surface area contributed by atoms with Gasteiger partial charge in [-0.3, -0.25) is 14.4 Å². The number of nitrogens with zero attached hydrogens (tertiary/aromatic N) is 1. The van der Waals surface area contributed by atoms with Gasteiger partial charge < -0.3 is 16.0 Å². The average Bonchev–Trinajstić information content (AvgIpc) is 2.84. The van der Waals surface area contributed by atoms with Crippen molar-refractivity contribution in [1.29, 1.82) is 0 Å². The summed E-state index contributed by atoms with van der Waals surface area (Å²) in [4.78, 5) is 37.2. The van der Waals surface area contributed by atoms with Crippen LogP contribution in [0, 0.1) is 0 Å². The van der Waals surface area contributed by atoms with Gasteiger partial charge in [-0.1, -0.05) is 30.3 Å². The van der Waals surface area contributed by atoms with Gasteiger partial charge >= 0.3 is 0 Å². The number of carbonyl (C=O) groups is 3. The van der Waals surface area contributed by atoms with Crippen LogP contribution in [0.25, 0.3) is 0 Å². The lowest BCUT2D eigenvalue weighted by Gasteiger charge is -2.16. The fourth-order valence-electron chi connectivity index (χ4n) is 2.61. The Balaban J connectivity index is 1.70. The zero-order valence-corrected chi connectivity index (χ0v) is 12.3. The summed E-state index contributed by atoms with van der Waals surface area (Å²) in [5.41, 5.74) is 7.38. The summed E-state index contributed by atoms with van der Waals surface area (Å²) < 4.78 is 0. The molecule has 0 bridgehead atoms. The zero-order chi connectivity index (χ0) is 16.4. The lowest BCUT2D eigenvalue weighted by molar-refractivity contribution is -0.116. The van der Waals surface area contributed by atoms with E-state index in [1.807, 2.05) is 12.1 Å². The molecule has 0 saturated heterocycles. The van der Waals surface area contributed by atoms with E-state index < -0.39 is 5.91 Å². The van der Waals surface area contributed by atoms with Gasteiger partial charge in [-0.25, -0.2) is 0 Å². The molecule has 6 nitrogen and oxygen atoms in total. The maximum atomic E-state index is 12.2. The lowest BCUT2D eigenvalue weighted by Crippen LogP contribution is -2.33. The van der Waals surface area contributed by atoms with E-state index in [1.54, 1.807) is 30.3 Å². The second kappa shape index (κ2) is 5.92. The Morgan fingerprint density at radius 1 is 1.09 bits per heavy atom. The molecule has 0 aromatic heterocycles. The Bertz CT molecular complexity index is 801. The van der Waals surface area contributed by atoms with Crippen LogP contribution in [-0.2, 0) is 11.3 Å². The van der Waals surface area contributed by atoms with Gasteiger partial charge in [0.15, 0.2) is 0 Å². The number of hydrogen-bond donors (Lipinski definition) is 2. The molecule has 0 saturated carbocycles. The Kier molecular flexibility index (Phi) is 3.80. The van der Waals surface area contributed by atoms with Crippen LogP contribution in [0.4, 0.5) is 5.69 Å². The average molecular weight is 309 g/mol. The zero-order valence-electron chi connectivity index (χ0n) is 12.3. The standard InChI is InChI=1S/C17H15N3O3/c18-16(22)13-7-3-4-8-14(13)19-15(21)10-20-9-11-5-1-2-6-12(11)17(20)23/h1-8H,9-10H2,(H2,18,22)(H,19,21). The number of benzene rings is 2. The van der Waals surface area contributed by atoms with Gasteiger partial charge in [0.2, 0.25) is 5.91 Å². The molecule has 1 heterocycles. The number of fused-ring (bicyclic) bond motifs is 1. The first-order valence-corrected chi connectivity index (χ1v) is 7.12. The molecule has 0 unspecified atom stereocenters. The first-order chi connectivity index (χ1) is 11.1. The molecule has 2 aromatic rings. The normalized spacial score (nSPS) is 12.9. The predicted molar refractivity (Wildman–Crippen MR) is 84.8 cm³/mol. The number of hydrogen-bond acceptors (Lipinski definition) is 3. The van der Waals surface area contributed by atoms with E-state index in [4.69, 9.17) is 5.73 Å². The van der Waals surface area contributed by atoms with Crippen LogP contribution in [0.3, 0.4) is 0 Å². The minimum absolute atomic E-state index is 0.0827. The summed E-state index contributed by atoms with van der Waals surface area (Å²) in [7, 11) is 0. The molecule has 0 atom stereocenters. The Hall–Kier alpha value is -3.15.